The van der Waals surface area contributed by atoms with Crippen LogP contribution < -0.4 is 0 Å². The molecule has 6 nitrogen and oxygen atoms in total. The van der Waals surface area contributed by atoms with Gasteiger partial charge < -0.3 is 19.1 Å². The van der Waals surface area contributed by atoms with Crippen LogP contribution in [-0.2, 0) is 34.5 Å². The predicted molar refractivity (Wildman–Crippen MR) is 123 cm³/mol. The van der Waals surface area contributed by atoms with Crippen molar-refractivity contribution in [2.45, 2.75) is 46.8 Å². The summed E-state index contributed by atoms with van der Waals surface area (Å²) < 4.78 is 7.66. The predicted octanol–water partition coefficient (Wildman–Crippen LogP) is 3.86. The zero-order valence-corrected chi connectivity index (χ0v) is 19.4. The van der Waals surface area contributed by atoms with Gasteiger partial charge in [-0.05, 0) is 30.0 Å². The molecular formula is C25H37N3O3. The number of amides is 2. The third-order valence-electron chi connectivity index (χ3n) is 5.14. The molecule has 0 radical (unpaired) electrons. The van der Waals surface area contributed by atoms with Gasteiger partial charge in [0, 0.05) is 32.0 Å². The quantitative estimate of drug-likeness (QED) is 0.488. The molecule has 0 bridgehead atoms. The second-order valence-electron chi connectivity index (χ2n) is 8.43. The van der Waals surface area contributed by atoms with Gasteiger partial charge in [-0.2, -0.15) is 0 Å². The number of hydrogen-bond donors (Lipinski definition) is 0. The minimum atomic E-state index is -0.146. The highest BCUT2D eigenvalue weighted by atomic mass is 16.5. The van der Waals surface area contributed by atoms with Crippen molar-refractivity contribution in [2.24, 2.45) is 13.0 Å². The molecule has 0 saturated carbocycles. The zero-order chi connectivity index (χ0) is 22.6. The molecular weight excluding hydrogens is 390 g/mol. The van der Waals surface area contributed by atoms with E-state index in [-0.39, 0.29) is 30.9 Å². The van der Waals surface area contributed by atoms with Gasteiger partial charge in [0.25, 0.3) is 0 Å². The van der Waals surface area contributed by atoms with Crippen molar-refractivity contribution < 1.29 is 14.3 Å². The van der Waals surface area contributed by atoms with Gasteiger partial charge in [-0.15, -0.1) is 0 Å². The van der Waals surface area contributed by atoms with Crippen molar-refractivity contribution in [1.29, 1.82) is 0 Å². The minimum absolute atomic E-state index is 0.0216. The van der Waals surface area contributed by atoms with E-state index >= 15 is 0 Å². The van der Waals surface area contributed by atoms with Crippen molar-refractivity contribution in [2.75, 3.05) is 26.2 Å². The lowest BCUT2D eigenvalue weighted by molar-refractivity contribution is -0.144. The topological polar surface area (TPSA) is 54.8 Å². The molecule has 0 N–H and O–H groups in total. The largest absolute Gasteiger partial charge is 0.367 e. The molecule has 0 aliphatic carbocycles. The lowest BCUT2D eigenvalue weighted by Crippen LogP contribution is -2.45. The molecule has 1 heterocycles. The fourth-order valence-corrected chi connectivity index (χ4v) is 3.38. The fraction of sp³-hybridized carbons (Fsp3) is 0.520. The Balaban J connectivity index is 1.98. The van der Waals surface area contributed by atoms with Crippen molar-refractivity contribution >= 4 is 11.8 Å². The number of nitrogens with zero attached hydrogens (tertiary/aromatic N) is 3. The normalized spacial score (nSPS) is 11.0. The second kappa shape index (κ2) is 13.0. The number of hydrogen-bond acceptors (Lipinski definition) is 3. The van der Waals surface area contributed by atoms with Gasteiger partial charge in [-0.3, -0.25) is 9.59 Å². The Morgan fingerprint density at radius 3 is 2.39 bits per heavy atom. The fourth-order valence-electron chi connectivity index (χ4n) is 3.38. The molecule has 0 atom stereocenters. The van der Waals surface area contributed by atoms with Gasteiger partial charge in [-0.25, -0.2) is 0 Å². The molecule has 0 unspecified atom stereocenters. The van der Waals surface area contributed by atoms with Crippen LogP contribution >= 0.6 is 0 Å². The van der Waals surface area contributed by atoms with Crippen LogP contribution in [0.2, 0.25) is 0 Å². The van der Waals surface area contributed by atoms with Crippen LogP contribution in [0.25, 0.3) is 0 Å². The molecule has 0 aliphatic rings. The number of aromatic nitrogens is 1. The summed E-state index contributed by atoms with van der Waals surface area (Å²) in [6.45, 7) is 8.43. The lowest BCUT2D eigenvalue weighted by atomic mass is 10.2. The Labute approximate surface area is 186 Å². The third kappa shape index (κ3) is 8.58. The number of unbranched alkanes of at least 4 members (excludes halogenated alkanes) is 1. The maximum absolute atomic E-state index is 13.2. The maximum atomic E-state index is 13.2. The molecule has 0 fully saturated rings. The van der Waals surface area contributed by atoms with E-state index in [0.29, 0.717) is 26.2 Å². The lowest BCUT2D eigenvalue weighted by Gasteiger charge is -2.29. The van der Waals surface area contributed by atoms with E-state index in [1.807, 2.05) is 65.2 Å². The summed E-state index contributed by atoms with van der Waals surface area (Å²) in [7, 11) is 1.98. The highest BCUT2D eigenvalue weighted by molar-refractivity contribution is 5.85. The van der Waals surface area contributed by atoms with Crippen LogP contribution in [0.1, 0.15) is 44.9 Å². The monoisotopic (exact) mass is 427 g/mol. The average molecular weight is 428 g/mol. The molecule has 31 heavy (non-hydrogen) atoms. The van der Waals surface area contributed by atoms with Crippen molar-refractivity contribution in [3.8, 4) is 0 Å². The van der Waals surface area contributed by atoms with Gasteiger partial charge in [0.15, 0.2) is 0 Å². The van der Waals surface area contributed by atoms with Crippen LogP contribution in [0.15, 0.2) is 48.7 Å². The molecule has 170 valence electrons. The smallest absolute Gasteiger partial charge is 0.249 e. The van der Waals surface area contributed by atoms with Crippen LogP contribution in [0.5, 0.6) is 0 Å². The highest BCUT2D eigenvalue weighted by Crippen LogP contribution is 2.10. The molecule has 1 aromatic carbocycles. The summed E-state index contributed by atoms with van der Waals surface area (Å²) in [4.78, 5) is 29.5. The Morgan fingerprint density at radius 1 is 1.03 bits per heavy atom. The zero-order valence-electron chi connectivity index (χ0n) is 19.4. The van der Waals surface area contributed by atoms with Crippen LogP contribution in [0.4, 0.5) is 0 Å². The van der Waals surface area contributed by atoms with Crippen molar-refractivity contribution in [1.82, 2.24) is 14.4 Å². The van der Waals surface area contributed by atoms with E-state index in [1.54, 1.807) is 4.90 Å². The molecule has 0 saturated heterocycles. The highest BCUT2D eigenvalue weighted by Gasteiger charge is 2.22. The maximum Gasteiger partial charge on any atom is 0.249 e. The van der Waals surface area contributed by atoms with Gasteiger partial charge in [-0.1, -0.05) is 57.5 Å². The molecule has 2 amide bonds. The summed E-state index contributed by atoms with van der Waals surface area (Å²) in [5.74, 6) is 0.0989. The Hall–Kier alpha value is -2.60. The minimum Gasteiger partial charge on any atom is -0.367 e. The number of carbonyl (C=O) groups excluding carboxylic acids is 2. The molecule has 2 aromatic rings. The molecule has 1 aromatic heterocycles. The van der Waals surface area contributed by atoms with Crippen LogP contribution in [0.3, 0.4) is 0 Å². The summed E-state index contributed by atoms with van der Waals surface area (Å²) in [6, 6.07) is 13.8. The van der Waals surface area contributed by atoms with Gasteiger partial charge in [0.1, 0.15) is 6.61 Å². The summed E-state index contributed by atoms with van der Waals surface area (Å²) in [6.07, 6.45) is 3.93. The van der Waals surface area contributed by atoms with Crippen LogP contribution in [-0.4, -0.2) is 52.4 Å². The first-order valence-electron chi connectivity index (χ1n) is 11.2. The van der Waals surface area contributed by atoms with Gasteiger partial charge in [0.2, 0.25) is 11.8 Å². The third-order valence-corrected chi connectivity index (χ3v) is 5.14. The summed E-state index contributed by atoms with van der Waals surface area (Å²) in [5.41, 5.74) is 2.10. The molecule has 0 aliphatic heterocycles. The van der Waals surface area contributed by atoms with Crippen molar-refractivity contribution in [3.05, 3.63) is 59.9 Å². The number of aryl methyl sites for hydroxylation is 1. The standard InChI is InChI=1S/C25H37N3O3/c1-5-6-15-27(17-23-13-10-14-26(23)4)24(29)18-28(16-21(2)3)25(30)20-31-19-22-11-8-7-9-12-22/h7-14,21H,5-6,15-20H2,1-4H3. The first-order chi connectivity index (χ1) is 14.9. The average Bonchev–Trinajstić information content (AvgIpc) is 3.15. The Morgan fingerprint density at radius 2 is 1.77 bits per heavy atom. The first-order valence-corrected chi connectivity index (χ1v) is 11.2. The molecule has 0 spiro atoms. The van der Waals surface area contributed by atoms with E-state index in [9.17, 15) is 9.59 Å². The number of benzene rings is 1. The number of carbonyl (C=O) groups is 2. The first kappa shape index (κ1) is 24.7. The van der Waals surface area contributed by atoms with E-state index in [4.69, 9.17) is 4.74 Å². The van der Waals surface area contributed by atoms with E-state index in [0.717, 1.165) is 24.1 Å². The Kier molecular flexibility index (Phi) is 10.3. The van der Waals surface area contributed by atoms with Crippen molar-refractivity contribution in [3.63, 3.8) is 0 Å². The van der Waals surface area contributed by atoms with Gasteiger partial charge >= 0.3 is 0 Å². The van der Waals surface area contributed by atoms with Crippen LogP contribution in [0, 0.1) is 5.92 Å². The van der Waals surface area contributed by atoms with E-state index in [1.165, 1.54) is 0 Å². The van der Waals surface area contributed by atoms with E-state index < -0.39 is 0 Å². The Bertz CT molecular complexity index is 801. The number of ether oxygens (including phenoxy) is 1. The number of rotatable bonds is 13. The van der Waals surface area contributed by atoms with Gasteiger partial charge in [0.05, 0.1) is 19.7 Å². The summed E-state index contributed by atoms with van der Waals surface area (Å²) in [5, 5.41) is 0. The molecule has 2 rings (SSSR count). The van der Waals surface area contributed by atoms with E-state index in [2.05, 4.69) is 20.8 Å². The second-order valence-corrected chi connectivity index (χ2v) is 8.43. The SMILES string of the molecule is CCCCN(Cc1cccn1C)C(=O)CN(CC(C)C)C(=O)COCc1ccccc1. The summed E-state index contributed by atoms with van der Waals surface area (Å²) >= 11 is 0. The molecule has 6 heteroatoms.